The van der Waals surface area contributed by atoms with E-state index in [1.807, 2.05) is 66.2 Å². The number of carboxylic acid groups (broad SMARTS) is 1. The van der Waals surface area contributed by atoms with E-state index in [0.29, 0.717) is 29.5 Å². The number of aromatic carboxylic acids is 1. The predicted octanol–water partition coefficient (Wildman–Crippen LogP) is 6.09. The molecule has 5 aromatic rings. The maximum atomic E-state index is 13.1. The molecular formula is C32H31N5O3. The van der Waals surface area contributed by atoms with E-state index in [1.54, 1.807) is 18.5 Å². The molecule has 0 spiro atoms. The van der Waals surface area contributed by atoms with E-state index in [1.165, 1.54) is 0 Å². The van der Waals surface area contributed by atoms with Crippen LogP contribution in [0.1, 0.15) is 75.2 Å². The minimum absolute atomic E-state index is 0.154. The van der Waals surface area contributed by atoms with Crippen molar-refractivity contribution in [3.05, 3.63) is 107 Å². The highest BCUT2D eigenvalue weighted by Gasteiger charge is 2.26. The minimum atomic E-state index is -0.937. The van der Waals surface area contributed by atoms with Crippen LogP contribution in [0, 0.1) is 13.8 Å². The quantitative estimate of drug-likeness (QED) is 0.251. The molecule has 1 aliphatic rings. The first kappa shape index (κ1) is 25.6. The van der Waals surface area contributed by atoms with Crippen molar-refractivity contribution in [2.75, 3.05) is 0 Å². The van der Waals surface area contributed by atoms with E-state index in [9.17, 15) is 14.7 Å². The number of nitrogens with zero attached hydrogens (tertiary/aromatic N) is 4. The van der Waals surface area contributed by atoms with Gasteiger partial charge in [0.05, 0.1) is 17.6 Å². The lowest BCUT2D eigenvalue weighted by atomic mass is 9.99. The molecular weight excluding hydrogens is 502 g/mol. The van der Waals surface area contributed by atoms with E-state index in [0.717, 1.165) is 46.1 Å². The number of carboxylic acids is 1. The topological polar surface area (TPSA) is 102 Å². The summed E-state index contributed by atoms with van der Waals surface area (Å²) in [6.45, 7) is 6.74. The van der Waals surface area contributed by atoms with Crippen LogP contribution in [0.15, 0.2) is 73.1 Å². The van der Waals surface area contributed by atoms with Gasteiger partial charge in [-0.3, -0.25) is 4.79 Å². The number of rotatable bonds is 8. The molecule has 0 saturated heterocycles. The van der Waals surface area contributed by atoms with E-state index < -0.39 is 5.97 Å². The number of benzene rings is 3. The number of carbonyl (C=O) groups is 2. The van der Waals surface area contributed by atoms with Crippen LogP contribution in [0.3, 0.4) is 0 Å². The summed E-state index contributed by atoms with van der Waals surface area (Å²) < 4.78 is 4.14. The average Bonchev–Trinajstić information content (AvgIpc) is 3.65. The van der Waals surface area contributed by atoms with Crippen LogP contribution >= 0.6 is 0 Å². The zero-order valence-corrected chi connectivity index (χ0v) is 22.8. The van der Waals surface area contributed by atoms with Crippen molar-refractivity contribution in [1.29, 1.82) is 0 Å². The molecule has 1 atom stereocenters. The van der Waals surface area contributed by atoms with Gasteiger partial charge in [-0.2, -0.15) is 5.10 Å². The molecule has 1 unspecified atom stereocenters. The Labute approximate surface area is 232 Å². The highest BCUT2D eigenvalue weighted by molar-refractivity contribution is 5.99. The highest BCUT2D eigenvalue weighted by atomic mass is 16.4. The smallest absolute Gasteiger partial charge is 0.336 e. The highest BCUT2D eigenvalue weighted by Crippen LogP contribution is 2.34. The van der Waals surface area contributed by atoms with E-state index in [-0.39, 0.29) is 17.5 Å². The third-order valence-electron chi connectivity index (χ3n) is 7.85. The number of fused-ring (bicyclic) bond motifs is 1. The van der Waals surface area contributed by atoms with Gasteiger partial charge in [-0.25, -0.2) is 14.5 Å². The van der Waals surface area contributed by atoms with E-state index >= 15 is 0 Å². The predicted molar refractivity (Wildman–Crippen MR) is 154 cm³/mol. The van der Waals surface area contributed by atoms with Crippen LogP contribution in [-0.4, -0.2) is 36.3 Å². The maximum Gasteiger partial charge on any atom is 0.336 e. The molecule has 8 heteroatoms. The SMILES string of the molecule is Cc1c(C)n(Cc2ccc(-c3ccccc3C(=O)O)cc2)c2ccc(C(=O)NC(C)c3ncn(C4CC4)n3)cc12. The summed E-state index contributed by atoms with van der Waals surface area (Å²) in [6, 6.07) is 21.0. The fraction of sp³-hybridized carbons (Fsp3) is 0.250. The number of aromatic nitrogens is 4. The van der Waals surface area contributed by atoms with Crippen molar-refractivity contribution in [3.63, 3.8) is 0 Å². The number of hydrogen-bond acceptors (Lipinski definition) is 4. The molecule has 1 saturated carbocycles. The number of carbonyl (C=O) groups excluding carboxylic acids is 1. The number of aryl methyl sites for hydroxylation is 1. The molecule has 8 nitrogen and oxygen atoms in total. The first-order valence-corrected chi connectivity index (χ1v) is 13.5. The minimum Gasteiger partial charge on any atom is -0.478 e. The van der Waals surface area contributed by atoms with Crippen molar-refractivity contribution in [1.82, 2.24) is 24.6 Å². The molecule has 2 heterocycles. The molecule has 1 aliphatic carbocycles. The summed E-state index contributed by atoms with van der Waals surface area (Å²) in [5, 5.41) is 18.2. The fourth-order valence-electron chi connectivity index (χ4n) is 5.23. The van der Waals surface area contributed by atoms with E-state index in [4.69, 9.17) is 0 Å². The maximum absolute atomic E-state index is 13.1. The van der Waals surface area contributed by atoms with Crippen LogP contribution in [-0.2, 0) is 6.54 Å². The normalized spacial score (nSPS) is 13.9. The Bertz CT molecular complexity index is 1740. The average molecular weight is 534 g/mol. The molecule has 2 aromatic heterocycles. The van der Waals surface area contributed by atoms with Crippen LogP contribution in [0.2, 0.25) is 0 Å². The molecule has 202 valence electrons. The first-order chi connectivity index (χ1) is 19.3. The van der Waals surface area contributed by atoms with Crippen LogP contribution in [0.4, 0.5) is 0 Å². The zero-order chi connectivity index (χ0) is 28.0. The Morgan fingerprint density at radius 1 is 1.05 bits per heavy atom. The number of hydrogen-bond donors (Lipinski definition) is 2. The summed E-state index contributed by atoms with van der Waals surface area (Å²) in [7, 11) is 0. The second-order valence-corrected chi connectivity index (χ2v) is 10.6. The Morgan fingerprint density at radius 2 is 1.80 bits per heavy atom. The molecule has 6 rings (SSSR count). The molecule has 1 fully saturated rings. The van der Waals surface area contributed by atoms with Gasteiger partial charge in [-0.05, 0) is 80.1 Å². The van der Waals surface area contributed by atoms with Gasteiger partial charge in [-0.1, -0.05) is 42.5 Å². The Hall–Kier alpha value is -4.72. The molecule has 0 aliphatic heterocycles. The van der Waals surface area contributed by atoms with Crippen LogP contribution in [0.5, 0.6) is 0 Å². The molecule has 2 N–H and O–H groups in total. The Kier molecular flexibility index (Phi) is 6.46. The summed E-state index contributed by atoms with van der Waals surface area (Å²) in [5.74, 6) is -0.468. The van der Waals surface area contributed by atoms with Gasteiger partial charge in [0, 0.05) is 28.7 Å². The molecule has 1 amide bonds. The molecule has 0 bridgehead atoms. The monoisotopic (exact) mass is 533 g/mol. The summed E-state index contributed by atoms with van der Waals surface area (Å²) in [5.41, 5.74) is 6.89. The molecule has 3 aromatic carbocycles. The van der Waals surface area contributed by atoms with Gasteiger partial charge in [0.1, 0.15) is 6.33 Å². The Morgan fingerprint density at radius 3 is 2.52 bits per heavy atom. The number of nitrogens with one attached hydrogen (secondary N) is 1. The van der Waals surface area contributed by atoms with Gasteiger partial charge in [0.2, 0.25) is 0 Å². The van der Waals surface area contributed by atoms with Crippen LogP contribution in [0.25, 0.3) is 22.0 Å². The lowest BCUT2D eigenvalue weighted by molar-refractivity contribution is 0.0697. The third-order valence-corrected chi connectivity index (χ3v) is 7.85. The van der Waals surface area contributed by atoms with Crippen molar-refractivity contribution in [2.45, 2.75) is 52.2 Å². The van der Waals surface area contributed by atoms with Gasteiger partial charge in [-0.15, -0.1) is 0 Å². The third kappa shape index (κ3) is 4.77. The summed E-state index contributed by atoms with van der Waals surface area (Å²) >= 11 is 0. The van der Waals surface area contributed by atoms with Gasteiger partial charge in [0.25, 0.3) is 5.91 Å². The van der Waals surface area contributed by atoms with E-state index in [2.05, 4.69) is 33.8 Å². The second kappa shape index (κ2) is 10.1. The number of amides is 1. The second-order valence-electron chi connectivity index (χ2n) is 10.6. The summed E-state index contributed by atoms with van der Waals surface area (Å²) in [6.07, 6.45) is 4.02. The lowest BCUT2D eigenvalue weighted by Crippen LogP contribution is -2.27. The van der Waals surface area contributed by atoms with Crippen molar-refractivity contribution >= 4 is 22.8 Å². The van der Waals surface area contributed by atoms with Crippen molar-refractivity contribution < 1.29 is 14.7 Å². The zero-order valence-electron chi connectivity index (χ0n) is 22.8. The van der Waals surface area contributed by atoms with Gasteiger partial charge in [0.15, 0.2) is 5.82 Å². The van der Waals surface area contributed by atoms with Crippen LogP contribution < -0.4 is 5.32 Å². The van der Waals surface area contributed by atoms with Crippen molar-refractivity contribution in [2.24, 2.45) is 0 Å². The van der Waals surface area contributed by atoms with Crippen molar-refractivity contribution in [3.8, 4) is 11.1 Å². The largest absolute Gasteiger partial charge is 0.478 e. The first-order valence-electron chi connectivity index (χ1n) is 13.5. The van der Waals surface area contributed by atoms with Gasteiger partial charge >= 0.3 is 5.97 Å². The standard InChI is InChI=1S/C32H31N5O3/c1-19-21(3)36(17-22-8-10-23(11-9-22)26-6-4-5-7-27(26)32(39)40)29-15-12-24(16-28(19)29)31(38)34-20(2)30-33-18-37(35-30)25-13-14-25/h4-12,15-16,18,20,25H,13-14,17H2,1-3H3,(H,34,38)(H,39,40). The fourth-order valence-corrected chi connectivity index (χ4v) is 5.23. The lowest BCUT2D eigenvalue weighted by Gasteiger charge is -2.12. The molecule has 0 radical (unpaired) electrons. The Balaban J connectivity index is 1.21. The van der Waals surface area contributed by atoms with Gasteiger partial charge < -0.3 is 15.0 Å². The molecule has 40 heavy (non-hydrogen) atoms. The summed E-state index contributed by atoms with van der Waals surface area (Å²) in [4.78, 5) is 29.1.